The second-order valence-electron chi connectivity index (χ2n) is 7.17. The van der Waals surface area contributed by atoms with Crippen LogP contribution in [0.15, 0.2) is 29.6 Å². The fraction of sp³-hybridized carbons (Fsp3) is 0.450. The zero-order chi connectivity index (χ0) is 19.7. The highest BCUT2D eigenvalue weighted by Gasteiger charge is 2.52. The summed E-state index contributed by atoms with van der Waals surface area (Å²) >= 11 is 3.08. The van der Waals surface area contributed by atoms with Crippen LogP contribution in [0.2, 0.25) is 0 Å². The van der Waals surface area contributed by atoms with Gasteiger partial charge in [0.2, 0.25) is 11.8 Å². The minimum absolute atomic E-state index is 0.0675. The zero-order valence-corrected chi connectivity index (χ0v) is 17.6. The van der Waals surface area contributed by atoms with Crippen LogP contribution in [0.5, 0.6) is 5.75 Å². The normalized spacial score (nSPS) is 23.7. The Kier molecular flexibility index (Phi) is 5.33. The minimum atomic E-state index is -0.424. The summed E-state index contributed by atoms with van der Waals surface area (Å²) in [5, 5.41) is 5.38. The van der Waals surface area contributed by atoms with Crippen LogP contribution >= 0.6 is 23.1 Å². The molecule has 28 heavy (non-hydrogen) atoms. The standard InChI is InChI=1S/C20H23N3O3S2/c1-3-10-26-14-6-4-13(5-7-14)15-11-27-19(21-15)22-18(25)16-12-28-20(2)9-8-17(24)23(16)20/h4-7,11,16H,3,8-10,12H2,1-2H3,(H,21,22,25)/t16-,20-/m0/s1. The summed E-state index contributed by atoms with van der Waals surface area (Å²) in [5.41, 5.74) is 1.78. The first-order valence-corrected chi connectivity index (χ1v) is 11.3. The molecule has 2 aliphatic heterocycles. The van der Waals surface area contributed by atoms with Crippen LogP contribution in [0, 0.1) is 0 Å². The van der Waals surface area contributed by atoms with Crippen LogP contribution in [-0.4, -0.2) is 45.0 Å². The zero-order valence-electron chi connectivity index (χ0n) is 15.9. The Bertz CT molecular complexity index is 883. The second-order valence-corrected chi connectivity index (χ2v) is 9.53. The van der Waals surface area contributed by atoms with Crippen LogP contribution in [0.4, 0.5) is 5.13 Å². The lowest BCUT2D eigenvalue weighted by Crippen LogP contribution is -2.48. The largest absolute Gasteiger partial charge is 0.494 e. The van der Waals surface area contributed by atoms with Crippen molar-refractivity contribution in [2.24, 2.45) is 0 Å². The van der Waals surface area contributed by atoms with Crippen LogP contribution in [0.3, 0.4) is 0 Å². The topological polar surface area (TPSA) is 71.5 Å². The number of nitrogens with one attached hydrogen (secondary N) is 1. The highest BCUT2D eigenvalue weighted by molar-refractivity contribution is 8.01. The molecule has 2 aliphatic rings. The number of amides is 2. The average molecular weight is 418 g/mol. The third-order valence-electron chi connectivity index (χ3n) is 5.10. The Labute approximate surface area is 172 Å². The maximum Gasteiger partial charge on any atom is 0.249 e. The first kappa shape index (κ1) is 19.3. The van der Waals surface area contributed by atoms with E-state index >= 15 is 0 Å². The molecule has 6 nitrogen and oxygen atoms in total. The van der Waals surface area contributed by atoms with Crippen molar-refractivity contribution in [1.29, 1.82) is 0 Å². The Morgan fingerprint density at radius 3 is 2.93 bits per heavy atom. The Balaban J connectivity index is 1.42. The summed E-state index contributed by atoms with van der Waals surface area (Å²) in [4.78, 5) is 31.0. The summed E-state index contributed by atoms with van der Waals surface area (Å²) in [7, 11) is 0. The van der Waals surface area contributed by atoms with Gasteiger partial charge in [-0.25, -0.2) is 4.98 Å². The molecule has 2 saturated heterocycles. The molecule has 1 N–H and O–H groups in total. The van der Waals surface area contributed by atoms with Crippen LogP contribution in [0.1, 0.15) is 33.1 Å². The number of benzene rings is 1. The van der Waals surface area contributed by atoms with Gasteiger partial charge in [0.15, 0.2) is 5.13 Å². The molecule has 2 amide bonds. The molecule has 1 aromatic heterocycles. The van der Waals surface area contributed by atoms with E-state index < -0.39 is 6.04 Å². The first-order chi connectivity index (χ1) is 13.5. The summed E-state index contributed by atoms with van der Waals surface area (Å²) in [6.45, 7) is 4.82. The predicted octanol–water partition coefficient (Wildman–Crippen LogP) is 3.99. The van der Waals surface area contributed by atoms with Gasteiger partial charge in [-0.1, -0.05) is 6.92 Å². The maximum atomic E-state index is 12.8. The van der Waals surface area contributed by atoms with Crippen LogP contribution in [-0.2, 0) is 9.59 Å². The van der Waals surface area contributed by atoms with E-state index in [0.717, 1.165) is 29.8 Å². The van der Waals surface area contributed by atoms with E-state index in [1.54, 1.807) is 16.7 Å². The van der Waals surface area contributed by atoms with E-state index in [1.165, 1.54) is 11.3 Å². The van der Waals surface area contributed by atoms with Gasteiger partial charge in [-0.05, 0) is 44.0 Å². The van der Waals surface area contributed by atoms with Crippen molar-refractivity contribution in [2.75, 3.05) is 17.7 Å². The van der Waals surface area contributed by atoms with Gasteiger partial charge in [-0.2, -0.15) is 0 Å². The Hall–Kier alpha value is -2.06. The molecule has 3 heterocycles. The fourth-order valence-electron chi connectivity index (χ4n) is 3.61. The van der Waals surface area contributed by atoms with E-state index in [1.807, 2.05) is 36.6 Å². The SMILES string of the molecule is CCCOc1ccc(-c2csc(NC(=O)[C@@H]3CS[C@@]4(C)CCC(=O)N34)n2)cc1. The quantitative estimate of drug-likeness (QED) is 0.769. The Morgan fingerprint density at radius 2 is 2.18 bits per heavy atom. The van der Waals surface area contributed by atoms with Gasteiger partial charge < -0.3 is 15.0 Å². The molecular formula is C20H23N3O3S2. The monoisotopic (exact) mass is 417 g/mol. The molecule has 148 valence electrons. The first-order valence-electron chi connectivity index (χ1n) is 9.46. The molecule has 2 aromatic rings. The summed E-state index contributed by atoms with van der Waals surface area (Å²) in [5.74, 6) is 1.38. The molecule has 0 aliphatic carbocycles. The van der Waals surface area contributed by atoms with E-state index in [2.05, 4.69) is 17.2 Å². The number of thiazole rings is 1. The molecule has 2 fully saturated rings. The molecule has 4 rings (SSSR count). The molecule has 1 aromatic carbocycles. The molecular weight excluding hydrogens is 394 g/mol. The number of carbonyl (C=O) groups is 2. The van der Waals surface area contributed by atoms with Crippen molar-refractivity contribution in [1.82, 2.24) is 9.88 Å². The average Bonchev–Trinajstić information content (AvgIpc) is 3.36. The lowest BCUT2D eigenvalue weighted by atomic mass is 10.2. The Morgan fingerprint density at radius 1 is 1.39 bits per heavy atom. The predicted molar refractivity (Wildman–Crippen MR) is 113 cm³/mol. The number of anilines is 1. The lowest BCUT2D eigenvalue weighted by Gasteiger charge is -2.29. The summed E-state index contributed by atoms with van der Waals surface area (Å²) in [6, 6.07) is 7.37. The second kappa shape index (κ2) is 7.75. The molecule has 0 spiro atoms. The van der Waals surface area contributed by atoms with E-state index in [0.29, 0.717) is 23.9 Å². The van der Waals surface area contributed by atoms with Crippen LogP contribution < -0.4 is 10.1 Å². The third-order valence-corrected chi connectivity index (χ3v) is 7.37. The lowest BCUT2D eigenvalue weighted by molar-refractivity contribution is -0.135. The van der Waals surface area contributed by atoms with Crippen molar-refractivity contribution >= 4 is 40.0 Å². The van der Waals surface area contributed by atoms with Gasteiger partial charge in [0.25, 0.3) is 0 Å². The van der Waals surface area contributed by atoms with Crippen molar-refractivity contribution in [2.45, 2.75) is 44.0 Å². The minimum Gasteiger partial charge on any atom is -0.494 e. The van der Waals surface area contributed by atoms with Gasteiger partial charge in [-0.3, -0.25) is 9.59 Å². The van der Waals surface area contributed by atoms with Crippen molar-refractivity contribution in [3.8, 4) is 17.0 Å². The maximum absolute atomic E-state index is 12.8. The van der Waals surface area contributed by atoms with Gasteiger partial charge >= 0.3 is 0 Å². The number of thioether (sulfide) groups is 1. The number of rotatable bonds is 6. The van der Waals surface area contributed by atoms with E-state index in [-0.39, 0.29) is 16.7 Å². The fourth-order valence-corrected chi connectivity index (χ4v) is 5.76. The number of fused-ring (bicyclic) bond motifs is 1. The molecule has 0 saturated carbocycles. The summed E-state index contributed by atoms with van der Waals surface area (Å²) < 4.78 is 5.60. The molecule has 0 bridgehead atoms. The van der Waals surface area contributed by atoms with Crippen molar-refractivity contribution in [3.05, 3.63) is 29.6 Å². The molecule has 8 heteroatoms. The smallest absolute Gasteiger partial charge is 0.249 e. The van der Waals surface area contributed by atoms with Gasteiger partial charge in [0.05, 0.1) is 17.2 Å². The number of ether oxygens (including phenoxy) is 1. The number of aromatic nitrogens is 1. The van der Waals surface area contributed by atoms with E-state index in [4.69, 9.17) is 4.74 Å². The van der Waals surface area contributed by atoms with E-state index in [9.17, 15) is 9.59 Å². The molecule has 0 unspecified atom stereocenters. The van der Waals surface area contributed by atoms with Gasteiger partial charge in [0, 0.05) is 23.1 Å². The molecule has 2 atom stereocenters. The number of hydrogen-bond acceptors (Lipinski definition) is 6. The van der Waals surface area contributed by atoms with Crippen LogP contribution in [0.25, 0.3) is 11.3 Å². The summed E-state index contributed by atoms with van der Waals surface area (Å²) in [6.07, 6.45) is 2.30. The number of carbonyl (C=O) groups excluding carboxylic acids is 2. The van der Waals surface area contributed by atoms with Gasteiger partial charge in [0.1, 0.15) is 11.8 Å². The highest BCUT2D eigenvalue weighted by atomic mass is 32.2. The third kappa shape index (κ3) is 3.63. The molecule has 0 radical (unpaired) electrons. The van der Waals surface area contributed by atoms with Gasteiger partial charge in [-0.15, -0.1) is 23.1 Å². The highest BCUT2D eigenvalue weighted by Crippen LogP contribution is 2.47. The van der Waals surface area contributed by atoms with Crippen molar-refractivity contribution in [3.63, 3.8) is 0 Å². The number of nitrogens with zero attached hydrogens (tertiary/aromatic N) is 2. The number of hydrogen-bond donors (Lipinski definition) is 1. The van der Waals surface area contributed by atoms with Crippen molar-refractivity contribution < 1.29 is 14.3 Å².